The zero-order valence-electron chi connectivity index (χ0n) is 31.2. The van der Waals surface area contributed by atoms with Crippen LogP contribution in [-0.2, 0) is 30.7 Å². The van der Waals surface area contributed by atoms with Crippen LogP contribution >= 0.6 is 0 Å². The number of hydrogen-bond acceptors (Lipinski definition) is 10. The van der Waals surface area contributed by atoms with Gasteiger partial charge in [-0.15, -0.1) is 0 Å². The van der Waals surface area contributed by atoms with E-state index in [2.05, 4.69) is 15.6 Å². The van der Waals surface area contributed by atoms with E-state index in [1.807, 2.05) is 13.8 Å². The van der Waals surface area contributed by atoms with Crippen molar-refractivity contribution in [2.75, 3.05) is 29.2 Å². The Morgan fingerprint density at radius 1 is 1.09 bits per heavy atom. The molecule has 4 aromatic rings. The summed E-state index contributed by atoms with van der Waals surface area (Å²) in [5.74, 6) is -2.02. The van der Waals surface area contributed by atoms with E-state index in [-0.39, 0.29) is 52.1 Å². The summed E-state index contributed by atoms with van der Waals surface area (Å²) < 4.78 is 54.0. The summed E-state index contributed by atoms with van der Waals surface area (Å²) in [6, 6.07) is 12.4. The van der Waals surface area contributed by atoms with Crippen LogP contribution in [-0.4, -0.2) is 72.1 Å². The highest BCUT2D eigenvalue weighted by Crippen LogP contribution is 2.37. The van der Waals surface area contributed by atoms with Crippen LogP contribution in [0, 0.1) is 12.7 Å². The minimum atomic E-state index is -3.73. The van der Waals surface area contributed by atoms with Gasteiger partial charge in [-0.1, -0.05) is 25.1 Å². The molecular weight excluding hydrogens is 734 g/mol. The standard InChI is InChI=1S/C39H42FN5O9S/c1-21-15-24-7-11-28(21)22(2)20-53-36(47)42-26-8-12-32(55(51,52)27-9-10-27)25(16-26)19-44(6)35(46)33(24)43-31-17-23-13-14-41-34(29(23)18-30(31)40)45(37(48)49)38(50)54-39(3,4)5/h7-8,11-18,22,27,33,43H,9-10,19-20H2,1-6H3,(H,42,47)(H,48,49)/t22-,33+/m0/s1. The van der Waals surface area contributed by atoms with Gasteiger partial charge in [-0.05, 0) is 105 Å². The molecule has 0 spiro atoms. The van der Waals surface area contributed by atoms with Crippen LogP contribution in [0.4, 0.5) is 36.0 Å². The third kappa shape index (κ3) is 8.33. The fraction of sp³-hybridized carbons (Fsp3) is 0.359. The van der Waals surface area contributed by atoms with Crippen molar-refractivity contribution in [1.82, 2.24) is 9.88 Å². The van der Waals surface area contributed by atoms with Gasteiger partial charge in [0.25, 0.3) is 0 Å². The lowest BCUT2D eigenvalue weighted by molar-refractivity contribution is -0.131. The number of likely N-dealkylation sites (N-methyl/N-ethyl adjacent to an activating group) is 1. The molecule has 1 aliphatic carbocycles. The molecule has 3 heterocycles. The predicted octanol–water partition coefficient (Wildman–Crippen LogP) is 7.52. The van der Waals surface area contributed by atoms with Crippen molar-refractivity contribution in [2.24, 2.45) is 0 Å². The van der Waals surface area contributed by atoms with Gasteiger partial charge in [0, 0.05) is 36.8 Å². The van der Waals surface area contributed by atoms with Crippen LogP contribution in [0.2, 0.25) is 0 Å². The zero-order valence-corrected chi connectivity index (χ0v) is 32.0. The molecule has 0 saturated heterocycles. The number of sulfone groups is 1. The molecule has 3 aromatic carbocycles. The van der Waals surface area contributed by atoms with Crippen LogP contribution in [0.25, 0.3) is 10.8 Å². The molecule has 3 aliphatic rings. The minimum absolute atomic E-state index is 0.00646. The molecule has 1 saturated carbocycles. The smallest absolute Gasteiger partial charge is 0.425 e. The lowest BCUT2D eigenvalue weighted by atomic mass is 9.93. The van der Waals surface area contributed by atoms with E-state index in [0.717, 1.165) is 17.2 Å². The molecule has 3 N–H and O–H groups in total. The number of pyridine rings is 1. The van der Waals surface area contributed by atoms with Crippen molar-refractivity contribution >= 4 is 62.0 Å². The Morgan fingerprint density at radius 3 is 2.47 bits per heavy atom. The SMILES string of the molecule is Cc1cc2ccc1[C@@H](C)COC(=O)Nc1ccc(S(=O)(=O)C3CC3)c(c1)CN(C)C(=O)[C@@H]2Nc1cc2ccnc(N(C(=O)O)C(=O)OC(C)(C)C)c2cc1F. The quantitative estimate of drug-likeness (QED) is 0.182. The molecule has 0 radical (unpaired) electrons. The Labute approximate surface area is 317 Å². The van der Waals surface area contributed by atoms with Gasteiger partial charge in [0.2, 0.25) is 5.91 Å². The fourth-order valence-corrected chi connectivity index (χ4v) is 8.38. The van der Waals surface area contributed by atoms with E-state index < -0.39 is 56.7 Å². The molecule has 2 aliphatic heterocycles. The Morgan fingerprint density at radius 2 is 1.82 bits per heavy atom. The summed E-state index contributed by atoms with van der Waals surface area (Å²) in [5.41, 5.74) is 1.50. The summed E-state index contributed by atoms with van der Waals surface area (Å²) in [4.78, 5) is 58.2. The largest absolute Gasteiger partial charge is 0.464 e. The minimum Gasteiger partial charge on any atom is -0.464 e. The summed E-state index contributed by atoms with van der Waals surface area (Å²) in [6.07, 6.45) is -1.31. The van der Waals surface area contributed by atoms with Crippen LogP contribution in [0.15, 0.2) is 65.7 Å². The molecule has 4 bridgehead atoms. The summed E-state index contributed by atoms with van der Waals surface area (Å²) in [5, 5.41) is 15.4. The number of nitrogens with zero attached hydrogens (tertiary/aromatic N) is 3. The van der Waals surface area contributed by atoms with Crippen LogP contribution in [0.5, 0.6) is 0 Å². The van der Waals surface area contributed by atoms with Gasteiger partial charge >= 0.3 is 18.3 Å². The number of carbonyl (C=O) groups excluding carboxylic acids is 3. The second kappa shape index (κ2) is 14.8. The monoisotopic (exact) mass is 775 g/mol. The normalized spacial score (nSPS) is 18.1. The Bertz CT molecular complexity index is 2320. The molecule has 2 atom stereocenters. The van der Waals surface area contributed by atoms with E-state index >= 15 is 4.39 Å². The number of imide groups is 1. The number of aryl methyl sites for hydroxylation is 1. The van der Waals surface area contributed by atoms with Gasteiger partial charge in [-0.3, -0.25) is 10.1 Å². The second-order valence-electron chi connectivity index (χ2n) is 14.9. The van der Waals surface area contributed by atoms with Crippen molar-refractivity contribution in [2.45, 2.75) is 81.7 Å². The first kappa shape index (κ1) is 38.9. The highest BCUT2D eigenvalue weighted by atomic mass is 32.2. The average molecular weight is 776 g/mol. The Balaban J connectivity index is 1.43. The molecule has 0 unspecified atom stereocenters. The maximum Gasteiger partial charge on any atom is 0.425 e. The van der Waals surface area contributed by atoms with E-state index in [0.29, 0.717) is 28.7 Å². The number of amides is 4. The van der Waals surface area contributed by atoms with Gasteiger partial charge in [0.05, 0.1) is 22.4 Å². The lowest BCUT2D eigenvalue weighted by Crippen LogP contribution is -2.40. The van der Waals surface area contributed by atoms with Gasteiger partial charge in [-0.25, -0.2) is 32.2 Å². The number of rotatable bonds is 5. The number of aromatic nitrogens is 1. The molecule has 14 nitrogen and oxygen atoms in total. The third-order valence-corrected chi connectivity index (χ3v) is 11.7. The van der Waals surface area contributed by atoms with Crippen molar-refractivity contribution in [3.8, 4) is 0 Å². The first-order valence-electron chi connectivity index (χ1n) is 17.6. The van der Waals surface area contributed by atoms with Crippen molar-refractivity contribution in [1.29, 1.82) is 0 Å². The van der Waals surface area contributed by atoms with Crippen LogP contribution in [0.1, 0.15) is 74.8 Å². The molecular formula is C39H42FN5O9S. The van der Waals surface area contributed by atoms with Crippen LogP contribution < -0.4 is 15.5 Å². The average Bonchev–Trinajstić information content (AvgIpc) is 3.95. The second-order valence-corrected chi connectivity index (χ2v) is 17.1. The number of halogens is 1. The first-order valence-corrected chi connectivity index (χ1v) is 19.2. The highest BCUT2D eigenvalue weighted by molar-refractivity contribution is 7.92. The van der Waals surface area contributed by atoms with E-state index in [1.54, 1.807) is 39.0 Å². The third-order valence-electron chi connectivity index (χ3n) is 9.34. The predicted molar refractivity (Wildman–Crippen MR) is 202 cm³/mol. The molecule has 290 valence electrons. The maximum absolute atomic E-state index is 16.2. The number of fused-ring (bicyclic) bond motifs is 10. The molecule has 7 rings (SSSR count). The van der Waals surface area contributed by atoms with Gasteiger partial charge < -0.3 is 24.8 Å². The van der Waals surface area contributed by atoms with E-state index in [4.69, 9.17) is 9.47 Å². The van der Waals surface area contributed by atoms with Gasteiger partial charge in [-0.2, -0.15) is 4.90 Å². The van der Waals surface area contributed by atoms with Crippen molar-refractivity contribution in [3.63, 3.8) is 0 Å². The molecule has 55 heavy (non-hydrogen) atoms. The molecule has 4 amide bonds. The fourth-order valence-electron chi connectivity index (χ4n) is 6.52. The molecule has 1 aromatic heterocycles. The number of anilines is 3. The molecule has 1 fully saturated rings. The number of carbonyl (C=O) groups is 4. The summed E-state index contributed by atoms with van der Waals surface area (Å²) in [6.45, 7) is 8.28. The summed E-state index contributed by atoms with van der Waals surface area (Å²) in [7, 11) is -2.23. The van der Waals surface area contributed by atoms with Gasteiger partial charge in [0.15, 0.2) is 15.7 Å². The van der Waals surface area contributed by atoms with Crippen molar-refractivity contribution < 1.29 is 46.6 Å². The number of nitrogens with one attached hydrogen (secondary N) is 2. The lowest BCUT2D eigenvalue weighted by Gasteiger charge is -2.28. The van der Waals surface area contributed by atoms with E-state index in [9.17, 15) is 32.7 Å². The maximum atomic E-state index is 16.2. The Kier molecular flexibility index (Phi) is 10.5. The number of hydrogen-bond donors (Lipinski definition) is 3. The highest BCUT2D eigenvalue weighted by Gasteiger charge is 2.39. The molecule has 16 heteroatoms. The first-order chi connectivity index (χ1) is 25.8. The van der Waals surface area contributed by atoms with Crippen molar-refractivity contribution in [3.05, 3.63) is 88.9 Å². The zero-order chi connectivity index (χ0) is 40.0. The van der Waals surface area contributed by atoms with E-state index in [1.165, 1.54) is 48.5 Å². The Hall–Kier alpha value is -5.77. The number of carboxylic acid groups (broad SMARTS) is 1. The number of benzene rings is 3. The van der Waals surface area contributed by atoms with Gasteiger partial charge in [0.1, 0.15) is 17.5 Å². The number of ether oxygens (including phenoxy) is 2. The summed E-state index contributed by atoms with van der Waals surface area (Å²) >= 11 is 0. The topological polar surface area (TPSA) is 185 Å². The van der Waals surface area contributed by atoms with Crippen LogP contribution in [0.3, 0.4) is 0 Å².